The number of carbonyl (C=O) groups excluding carboxylic acids is 1. The van der Waals surface area contributed by atoms with Gasteiger partial charge in [0.05, 0.1) is 0 Å². The number of ether oxygens (including phenoxy) is 1. The van der Waals surface area contributed by atoms with Crippen molar-refractivity contribution in [2.45, 2.75) is 44.4 Å². The van der Waals surface area contributed by atoms with E-state index in [0.717, 1.165) is 52.4 Å². The number of benzene rings is 3. The highest BCUT2D eigenvalue weighted by molar-refractivity contribution is 5.94. The van der Waals surface area contributed by atoms with Crippen LogP contribution in [-0.4, -0.2) is 10.9 Å². The summed E-state index contributed by atoms with van der Waals surface area (Å²) in [7, 11) is 0. The first-order valence-corrected chi connectivity index (χ1v) is 12.8. The summed E-state index contributed by atoms with van der Waals surface area (Å²) in [6, 6.07) is 16.9. The number of hydrogen-bond acceptors (Lipinski definition) is 4. The number of halogens is 2. The highest BCUT2D eigenvalue weighted by Gasteiger charge is 2.43. The van der Waals surface area contributed by atoms with E-state index in [1.165, 1.54) is 17.7 Å². The molecule has 0 spiro atoms. The van der Waals surface area contributed by atoms with Crippen molar-refractivity contribution in [1.29, 1.82) is 0 Å². The summed E-state index contributed by atoms with van der Waals surface area (Å²) in [5.41, 5.74) is 14.6. The molecule has 0 saturated heterocycles. The fourth-order valence-corrected chi connectivity index (χ4v) is 5.89. The lowest BCUT2D eigenvalue weighted by Gasteiger charge is -2.18. The van der Waals surface area contributed by atoms with Crippen molar-refractivity contribution in [3.05, 3.63) is 117 Å². The molecule has 2 bridgehead atoms. The average molecular weight is 510 g/mol. The number of pyridine rings is 1. The monoisotopic (exact) mass is 509 g/mol. The van der Waals surface area contributed by atoms with Gasteiger partial charge in [0.1, 0.15) is 29.7 Å². The van der Waals surface area contributed by atoms with E-state index >= 15 is 0 Å². The zero-order valence-corrected chi connectivity index (χ0v) is 20.7. The minimum atomic E-state index is -0.604. The molecule has 1 aromatic heterocycles. The number of aryl methyl sites for hydroxylation is 1. The van der Waals surface area contributed by atoms with Gasteiger partial charge in [-0.2, -0.15) is 0 Å². The number of nitrogens with zero attached hydrogens (tertiary/aromatic N) is 1. The van der Waals surface area contributed by atoms with Crippen LogP contribution in [0.25, 0.3) is 11.1 Å². The van der Waals surface area contributed by atoms with Gasteiger partial charge >= 0.3 is 0 Å². The van der Waals surface area contributed by atoms with Gasteiger partial charge in [-0.15, -0.1) is 0 Å². The SMILES string of the molecule is Cc1nc(N)cc(C2CC2)c1CNC(=O)c1ccc2c(c1)[C@@H]1O[C@H]2c2cc(-c3ccc(F)cc3F)ccc21. The average Bonchev–Trinajstić information content (AvgIpc) is 3.59. The van der Waals surface area contributed by atoms with Crippen LogP contribution in [0.4, 0.5) is 14.6 Å². The molecule has 3 aromatic carbocycles. The second-order valence-corrected chi connectivity index (χ2v) is 10.4. The highest BCUT2D eigenvalue weighted by atomic mass is 19.1. The summed E-state index contributed by atoms with van der Waals surface area (Å²) in [6.45, 7) is 2.33. The molecule has 0 radical (unpaired) electrons. The van der Waals surface area contributed by atoms with E-state index in [4.69, 9.17) is 10.5 Å². The van der Waals surface area contributed by atoms with Crippen molar-refractivity contribution in [3.8, 4) is 11.1 Å². The van der Waals surface area contributed by atoms with Crippen LogP contribution >= 0.6 is 0 Å². The number of hydrogen-bond donors (Lipinski definition) is 2. The van der Waals surface area contributed by atoms with Gasteiger partial charge in [-0.25, -0.2) is 13.8 Å². The topological polar surface area (TPSA) is 77.2 Å². The first-order valence-electron chi connectivity index (χ1n) is 12.8. The minimum absolute atomic E-state index is 0.157. The fourth-order valence-electron chi connectivity index (χ4n) is 5.89. The molecule has 7 rings (SSSR count). The van der Waals surface area contributed by atoms with Crippen molar-refractivity contribution >= 4 is 11.7 Å². The molecule has 3 N–H and O–H groups in total. The predicted molar refractivity (Wildman–Crippen MR) is 140 cm³/mol. The third kappa shape index (κ3) is 3.69. The van der Waals surface area contributed by atoms with Crippen molar-refractivity contribution in [2.24, 2.45) is 0 Å². The predicted octanol–water partition coefficient (Wildman–Crippen LogP) is 6.25. The van der Waals surface area contributed by atoms with Crippen LogP contribution < -0.4 is 11.1 Å². The van der Waals surface area contributed by atoms with Gasteiger partial charge < -0.3 is 15.8 Å². The second-order valence-electron chi connectivity index (χ2n) is 10.4. The van der Waals surface area contributed by atoms with E-state index in [9.17, 15) is 13.6 Å². The van der Waals surface area contributed by atoms with Crippen molar-refractivity contribution in [1.82, 2.24) is 10.3 Å². The van der Waals surface area contributed by atoms with E-state index in [1.807, 2.05) is 49.4 Å². The molecule has 38 heavy (non-hydrogen) atoms. The maximum Gasteiger partial charge on any atom is 0.251 e. The number of aromatic nitrogens is 1. The number of amides is 1. The Morgan fingerprint density at radius 2 is 1.68 bits per heavy atom. The maximum absolute atomic E-state index is 14.4. The number of nitrogens with two attached hydrogens (primary N) is 1. The summed E-state index contributed by atoms with van der Waals surface area (Å²) >= 11 is 0. The molecule has 5 nitrogen and oxygen atoms in total. The molecular weight excluding hydrogens is 484 g/mol. The Balaban J connectivity index is 1.13. The van der Waals surface area contributed by atoms with E-state index in [2.05, 4.69) is 10.3 Å². The molecule has 1 fully saturated rings. The van der Waals surface area contributed by atoms with Gasteiger partial charge in [0.15, 0.2) is 0 Å². The summed E-state index contributed by atoms with van der Waals surface area (Å²) < 4.78 is 34.1. The van der Waals surface area contributed by atoms with Crippen LogP contribution in [0.2, 0.25) is 0 Å². The van der Waals surface area contributed by atoms with Gasteiger partial charge in [-0.05, 0) is 101 Å². The van der Waals surface area contributed by atoms with Crippen molar-refractivity contribution < 1.29 is 18.3 Å². The molecule has 2 atom stereocenters. The van der Waals surface area contributed by atoms with Gasteiger partial charge in [0.2, 0.25) is 0 Å². The van der Waals surface area contributed by atoms with E-state index in [0.29, 0.717) is 35.0 Å². The molecule has 2 aliphatic heterocycles. The maximum atomic E-state index is 14.4. The number of carbonyl (C=O) groups is 1. The number of rotatable bonds is 5. The summed E-state index contributed by atoms with van der Waals surface area (Å²) in [6.07, 6.45) is 1.71. The molecule has 1 saturated carbocycles. The second kappa shape index (κ2) is 8.46. The molecule has 1 amide bonds. The summed E-state index contributed by atoms with van der Waals surface area (Å²) in [5.74, 6) is -0.343. The van der Waals surface area contributed by atoms with Crippen LogP contribution in [0.3, 0.4) is 0 Å². The molecular formula is C31H25F2N3O2. The van der Waals surface area contributed by atoms with Crippen LogP contribution in [-0.2, 0) is 11.3 Å². The van der Waals surface area contributed by atoms with Crippen LogP contribution in [0.15, 0.2) is 60.7 Å². The number of nitrogens with one attached hydrogen (secondary N) is 1. The highest BCUT2D eigenvalue weighted by Crippen LogP contribution is 2.55. The molecule has 190 valence electrons. The molecule has 3 heterocycles. The lowest BCUT2D eigenvalue weighted by atomic mass is 9.83. The molecule has 7 heteroatoms. The van der Waals surface area contributed by atoms with Crippen LogP contribution in [0.1, 0.15) is 80.4 Å². The Bertz CT molecular complexity index is 1650. The quantitative estimate of drug-likeness (QED) is 0.334. The molecule has 1 aliphatic carbocycles. The van der Waals surface area contributed by atoms with Crippen molar-refractivity contribution in [3.63, 3.8) is 0 Å². The van der Waals surface area contributed by atoms with Gasteiger partial charge in [-0.3, -0.25) is 4.79 Å². The van der Waals surface area contributed by atoms with Crippen molar-refractivity contribution in [2.75, 3.05) is 5.73 Å². The fraction of sp³-hybridized carbons (Fsp3) is 0.226. The third-order valence-electron chi connectivity index (χ3n) is 7.91. The zero-order chi connectivity index (χ0) is 26.1. The molecule has 3 aliphatic rings. The smallest absolute Gasteiger partial charge is 0.251 e. The number of anilines is 1. The Hall–Kier alpha value is -4.10. The zero-order valence-electron chi connectivity index (χ0n) is 20.7. The summed E-state index contributed by atoms with van der Waals surface area (Å²) in [4.78, 5) is 17.5. The first-order chi connectivity index (χ1) is 18.4. The Morgan fingerprint density at radius 3 is 2.42 bits per heavy atom. The molecule has 4 aromatic rings. The van der Waals surface area contributed by atoms with Gasteiger partial charge in [0, 0.05) is 29.4 Å². The lowest BCUT2D eigenvalue weighted by molar-refractivity contribution is 0.0857. The Labute approximate surface area is 218 Å². The Morgan fingerprint density at radius 1 is 0.947 bits per heavy atom. The molecule has 0 unspecified atom stereocenters. The standard InChI is InChI=1S/C31H25F2N3O2/c1-15-26(23(16-2-3-16)13-28(34)36-15)14-35-31(37)18-5-8-22-25(11-18)30-21-7-4-17(10-24(21)29(22)38-30)20-9-6-19(32)12-27(20)33/h4-13,16,29-30H,2-3,14H2,1H3,(H2,34,36)(H,35,37)/t29-,30-/m1/s1. The lowest BCUT2D eigenvalue weighted by Crippen LogP contribution is -2.24. The van der Waals surface area contributed by atoms with E-state index in [-0.39, 0.29) is 18.1 Å². The van der Waals surface area contributed by atoms with E-state index in [1.54, 1.807) is 0 Å². The number of nitrogen functional groups attached to an aromatic ring is 1. The van der Waals surface area contributed by atoms with Crippen LogP contribution in [0.5, 0.6) is 0 Å². The summed E-state index contributed by atoms with van der Waals surface area (Å²) in [5, 5.41) is 3.07. The normalized spacial score (nSPS) is 18.8. The van der Waals surface area contributed by atoms with Gasteiger partial charge in [0.25, 0.3) is 5.91 Å². The first kappa shape index (κ1) is 23.0. The number of fused-ring (bicyclic) bond motifs is 8. The Kier molecular flexibility index (Phi) is 5.13. The largest absolute Gasteiger partial charge is 0.384 e. The third-order valence-corrected chi connectivity index (χ3v) is 7.91. The minimum Gasteiger partial charge on any atom is -0.384 e. The van der Waals surface area contributed by atoms with Crippen LogP contribution in [0, 0.1) is 18.6 Å². The van der Waals surface area contributed by atoms with Gasteiger partial charge in [-0.1, -0.05) is 18.2 Å². The van der Waals surface area contributed by atoms with E-state index < -0.39 is 11.6 Å².